The number of ether oxygens (including phenoxy) is 1. The fraction of sp³-hybridized carbons (Fsp3) is 0.400. The summed E-state index contributed by atoms with van der Waals surface area (Å²) < 4.78 is 5.32. The van der Waals surface area contributed by atoms with Crippen molar-refractivity contribution in [1.82, 2.24) is 4.98 Å². The monoisotopic (exact) mass is 245 g/mol. The average Bonchev–Trinajstić information content (AvgIpc) is 2.28. The van der Waals surface area contributed by atoms with Crippen molar-refractivity contribution in [3.05, 3.63) is 39.2 Å². The molecular weight excluding hydrogens is 226 g/mol. The van der Waals surface area contributed by atoms with Gasteiger partial charge in [0.2, 0.25) is 0 Å². The first-order valence-electron chi connectivity index (χ1n) is 6.17. The maximum absolute atomic E-state index is 12.6. The SMILES string of the molecule is COc1ccc(C)c2c(=O)c(C(C)C)c(C)[nH]c12. The van der Waals surface area contributed by atoms with Crippen molar-refractivity contribution >= 4 is 10.9 Å². The molecule has 2 rings (SSSR count). The number of H-pyrrole nitrogens is 1. The number of nitrogens with one attached hydrogen (secondary N) is 1. The molecule has 0 unspecified atom stereocenters. The lowest BCUT2D eigenvalue weighted by molar-refractivity contribution is 0.418. The topological polar surface area (TPSA) is 42.1 Å². The molecule has 2 aromatic rings. The summed E-state index contributed by atoms with van der Waals surface area (Å²) in [6, 6.07) is 3.82. The van der Waals surface area contributed by atoms with E-state index < -0.39 is 0 Å². The Kier molecular flexibility index (Phi) is 3.16. The number of pyridine rings is 1. The van der Waals surface area contributed by atoms with Crippen molar-refractivity contribution in [2.75, 3.05) is 7.11 Å². The minimum Gasteiger partial charge on any atom is -0.495 e. The number of aromatic amines is 1. The van der Waals surface area contributed by atoms with Gasteiger partial charge in [0.05, 0.1) is 18.0 Å². The molecule has 0 fully saturated rings. The summed E-state index contributed by atoms with van der Waals surface area (Å²) in [6.45, 7) is 7.98. The van der Waals surface area contributed by atoms with Crippen LogP contribution in [0.25, 0.3) is 10.9 Å². The molecule has 0 atom stereocenters. The van der Waals surface area contributed by atoms with Crippen LogP contribution in [0.5, 0.6) is 5.75 Å². The lowest BCUT2D eigenvalue weighted by Gasteiger charge is -2.14. The fourth-order valence-electron chi connectivity index (χ4n) is 2.53. The van der Waals surface area contributed by atoms with Crippen molar-refractivity contribution in [2.45, 2.75) is 33.6 Å². The number of rotatable bonds is 2. The van der Waals surface area contributed by atoms with E-state index in [1.54, 1.807) is 7.11 Å². The average molecular weight is 245 g/mol. The summed E-state index contributed by atoms with van der Waals surface area (Å²) in [6.07, 6.45) is 0. The van der Waals surface area contributed by atoms with Crippen molar-refractivity contribution in [1.29, 1.82) is 0 Å². The Morgan fingerprint density at radius 2 is 1.89 bits per heavy atom. The zero-order valence-electron chi connectivity index (χ0n) is 11.5. The predicted octanol–water partition coefficient (Wildman–Crippen LogP) is 3.28. The van der Waals surface area contributed by atoms with Gasteiger partial charge in [-0.05, 0) is 31.4 Å². The summed E-state index contributed by atoms with van der Waals surface area (Å²) in [4.78, 5) is 15.9. The Labute approximate surface area is 107 Å². The van der Waals surface area contributed by atoms with E-state index in [2.05, 4.69) is 4.98 Å². The second-order valence-electron chi connectivity index (χ2n) is 4.98. The fourth-order valence-corrected chi connectivity index (χ4v) is 2.53. The van der Waals surface area contributed by atoms with Gasteiger partial charge in [0.1, 0.15) is 5.75 Å². The number of aryl methyl sites for hydroxylation is 2. The van der Waals surface area contributed by atoms with Gasteiger partial charge >= 0.3 is 0 Å². The van der Waals surface area contributed by atoms with Gasteiger partial charge in [-0.15, -0.1) is 0 Å². The van der Waals surface area contributed by atoms with Crippen molar-refractivity contribution in [3.63, 3.8) is 0 Å². The molecule has 3 heteroatoms. The van der Waals surface area contributed by atoms with Crippen LogP contribution in [-0.4, -0.2) is 12.1 Å². The third kappa shape index (κ3) is 1.80. The van der Waals surface area contributed by atoms with Crippen LogP contribution >= 0.6 is 0 Å². The second kappa shape index (κ2) is 4.48. The number of fused-ring (bicyclic) bond motifs is 1. The number of hydrogen-bond donors (Lipinski definition) is 1. The lowest BCUT2D eigenvalue weighted by Crippen LogP contribution is -2.16. The standard InChI is InChI=1S/C15H19NO2/c1-8(2)12-10(4)16-14-11(18-5)7-6-9(3)13(14)15(12)17/h6-8H,1-5H3,(H,16,17). The quantitative estimate of drug-likeness (QED) is 0.882. The molecule has 0 saturated heterocycles. The van der Waals surface area contributed by atoms with Crippen LogP contribution in [0.15, 0.2) is 16.9 Å². The van der Waals surface area contributed by atoms with Crippen LogP contribution in [0.1, 0.15) is 36.6 Å². The van der Waals surface area contributed by atoms with E-state index in [1.807, 2.05) is 39.8 Å². The summed E-state index contributed by atoms with van der Waals surface area (Å²) in [7, 11) is 1.62. The smallest absolute Gasteiger partial charge is 0.193 e. The molecule has 0 saturated carbocycles. The first kappa shape index (κ1) is 12.7. The molecule has 1 aromatic heterocycles. The largest absolute Gasteiger partial charge is 0.495 e. The third-order valence-corrected chi connectivity index (χ3v) is 3.36. The Morgan fingerprint density at radius 1 is 1.22 bits per heavy atom. The van der Waals surface area contributed by atoms with Crippen LogP contribution in [0.3, 0.4) is 0 Å². The van der Waals surface area contributed by atoms with Gasteiger partial charge in [-0.3, -0.25) is 4.79 Å². The highest BCUT2D eigenvalue weighted by molar-refractivity contribution is 5.88. The van der Waals surface area contributed by atoms with E-state index in [0.717, 1.165) is 27.7 Å². The molecule has 0 spiro atoms. The van der Waals surface area contributed by atoms with Gasteiger partial charge in [-0.1, -0.05) is 19.9 Å². The number of aromatic nitrogens is 1. The van der Waals surface area contributed by atoms with Crippen LogP contribution in [0.2, 0.25) is 0 Å². The molecule has 0 aliphatic heterocycles. The number of benzene rings is 1. The molecule has 3 nitrogen and oxygen atoms in total. The highest BCUT2D eigenvalue weighted by Crippen LogP contribution is 2.27. The summed E-state index contributed by atoms with van der Waals surface area (Å²) in [5, 5.41) is 0.739. The van der Waals surface area contributed by atoms with E-state index in [4.69, 9.17) is 4.74 Å². The zero-order valence-corrected chi connectivity index (χ0v) is 11.5. The van der Waals surface area contributed by atoms with E-state index in [9.17, 15) is 4.79 Å². The van der Waals surface area contributed by atoms with E-state index in [0.29, 0.717) is 5.75 Å². The van der Waals surface area contributed by atoms with Crippen molar-refractivity contribution < 1.29 is 4.74 Å². The first-order chi connectivity index (χ1) is 8.47. The Morgan fingerprint density at radius 3 is 2.44 bits per heavy atom. The van der Waals surface area contributed by atoms with Crippen molar-refractivity contribution in [3.8, 4) is 5.75 Å². The summed E-state index contributed by atoms with van der Waals surface area (Å²) in [5.41, 5.74) is 3.68. The predicted molar refractivity (Wildman–Crippen MR) is 74.7 cm³/mol. The number of hydrogen-bond acceptors (Lipinski definition) is 2. The van der Waals surface area contributed by atoms with Gasteiger partial charge in [-0.2, -0.15) is 0 Å². The van der Waals surface area contributed by atoms with Crippen LogP contribution in [0, 0.1) is 13.8 Å². The summed E-state index contributed by atoms with van der Waals surface area (Å²) in [5.74, 6) is 0.926. The van der Waals surface area contributed by atoms with Gasteiger partial charge in [-0.25, -0.2) is 0 Å². The molecule has 1 heterocycles. The second-order valence-corrected chi connectivity index (χ2v) is 4.98. The summed E-state index contributed by atoms with van der Waals surface area (Å²) >= 11 is 0. The third-order valence-electron chi connectivity index (χ3n) is 3.36. The molecule has 0 amide bonds. The van der Waals surface area contributed by atoms with Gasteiger partial charge in [0.15, 0.2) is 5.43 Å². The maximum Gasteiger partial charge on any atom is 0.193 e. The lowest BCUT2D eigenvalue weighted by atomic mass is 9.97. The molecule has 0 aliphatic carbocycles. The molecule has 0 radical (unpaired) electrons. The Balaban J connectivity index is 2.99. The molecule has 1 aromatic carbocycles. The Hall–Kier alpha value is -1.77. The van der Waals surface area contributed by atoms with Gasteiger partial charge < -0.3 is 9.72 Å². The molecule has 1 N–H and O–H groups in total. The first-order valence-corrected chi connectivity index (χ1v) is 6.17. The van der Waals surface area contributed by atoms with Gasteiger partial charge in [0.25, 0.3) is 0 Å². The highest BCUT2D eigenvalue weighted by Gasteiger charge is 2.15. The van der Waals surface area contributed by atoms with Crippen LogP contribution < -0.4 is 10.2 Å². The molecule has 0 bridgehead atoms. The highest BCUT2D eigenvalue weighted by atomic mass is 16.5. The zero-order chi connectivity index (χ0) is 13.4. The molecule has 18 heavy (non-hydrogen) atoms. The van der Waals surface area contributed by atoms with E-state index in [1.165, 1.54) is 0 Å². The molecule has 96 valence electrons. The van der Waals surface area contributed by atoms with Crippen molar-refractivity contribution in [2.24, 2.45) is 0 Å². The number of methoxy groups -OCH3 is 1. The van der Waals surface area contributed by atoms with Crippen LogP contribution in [0.4, 0.5) is 0 Å². The minimum atomic E-state index is 0.118. The Bertz CT molecular complexity index is 654. The van der Waals surface area contributed by atoms with E-state index in [-0.39, 0.29) is 11.3 Å². The normalized spacial score (nSPS) is 11.2. The molecule has 0 aliphatic rings. The minimum absolute atomic E-state index is 0.118. The van der Waals surface area contributed by atoms with E-state index >= 15 is 0 Å². The molecular formula is C15H19NO2. The van der Waals surface area contributed by atoms with Gasteiger partial charge in [0, 0.05) is 11.3 Å². The maximum atomic E-state index is 12.6. The van der Waals surface area contributed by atoms with Crippen LogP contribution in [-0.2, 0) is 0 Å².